The Labute approximate surface area is 188 Å². The second kappa shape index (κ2) is 8.83. The highest BCUT2D eigenvalue weighted by atomic mass is 16.5. The van der Waals surface area contributed by atoms with Crippen molar-refractivity contribution in [3.05, 3.63) is 30.3 Å². The zero-order chi connectivity index (χ0) is 22.9. The van der Waals surface area contributed by atoms with Gasteiger partial charge in [0, 0.05) is 18.8 Å². The Hall–Kier alpha value is -2.45. The molecule has 4 rings (SSSR count). The van der Waals surface area contributed by atoms with Crippen molar-refractivity contribution >= 4 is 23.4 Å². The molecule has 3 fully saturated rings. The number of anilines is 1. The van der Waals surface area contributed by atoms with Gasteiger partial charge in [-0.1, -0.05) is 38.0 Å². The van der Waals surface area contributed by atoms with Crippen LogP contribution in [0.25, 0.3) is 0 Å². The lowest BCUT2D eigenvalue weighted by Crippen LogP contribution is -2.55. The number of β-amino-alcohol motifs (C(OH)–C–C–N with tert-alkyl or cyclic N) is 1. The predicted octanol–water partition coefficient (Wildman–Crippen LogP) is 1.69. The van der Waals surface area contributed by atoms with Crippen LogP contribution in [0, 0.1) is 11.8 Å². The van der Waals surface area contributed by atoms with E-state index in [0.29, 0.717) is 25.1 Å². The smallest absolute Gasteiger partial charge is 0.245 e. The first-order chi connectivity index (χ1) is 15.4. The van der Waals surface area contributed by atoms with Crippen LogP contribution in [0.1, 0.15) is 46.0 Å². The van der Waals surface area contributed by atoms with Gasteiger partial charge in [0.05, 0.1) is 24.0 Å². The summed E-state index contributed by atoms with van der Waals surface area (Å²) >= 11 is 0. The largest absolute Gasteiger partial charge is 0.395 e. The fraction of sp³-hybridized carbons (Fsp3) is 0.625. The van der Waals surface area contributed by atoms with Gasteiger partial charge in [-0.05, 0) is 38.3 Å². The lowest BCUT2D eigenvalue weighted by Gasteiger charge is -2.33. The van der Waals surface area contributed by atoms with Crippen LogP contribution >= 0.6 is 0 Å². The molecule has 1 aromatic rings. The molecule has 2 bridgehead atoms. The van der Waals surface area contributed by atoms with Crippen LogP contribution in [0.2, 0.25) is 0 Å². The topological polar surface area (TPSA) is 108 Å². The third-order valence-electron chi connectivity index (χ3n) is 7.27. The molecule has 8 nitrogen and oxygen atoms in total. The second-order valence-electron chi connectivity index (χ2n) is 9.34. The maximum absolute atomic E-state index is 13.5. The number of aliphatic hydroxyl groups is 1. The number of fused-ring (bicyclic) bond motifs is 1. The second-order valence-corrected chi connectivity index (χ2v) is 9.34. The standard InChI is InChI=1S/C24H33N3O5/c1-3-4-8-13-25-21(30)19-24-12-11-23(2,32-24)17(18(24)22(31)27(19)14-15-28)20(29)26-16-9-6-5-7-10-16/h5-7,9-10,17-19,28H,3-4,8,11-15H2,1-2H3,(H,25,30)(H,26,29)/t17-,18+,19?,23+,24?/m1/s1. The van der Waals surface area contributed by atoms with Crippen LogP contribution in [0.3, 0.4) is 0 Å². The van der Waals surface area contributed by atoms with Gasteiger partial charge in [0.25, 0.3) is 0 Å². The lowest BCUT2D eigenvalue weighted by atomic mass is 9.66. The van der Waals surface area contributed by atoms with E-state index in [1.165, 1.54) is 4.90 Å². The van der Waals surface area contributed by atoms with Crippen LogP contribution in [-0.4, -0.2) is 64.7 Å². The summed E-state index contributed by atoms with van der Waals surface area (Å²) in [5, 5.41) is 15.5. The van der Waals surface area contributed by atoms with Crippen molar-refractivity contribution < 1.29 is 24.2 Å². The van der Waals surface area contributed by atoms with Gasteiger partial charge in [0.1, 0.15) is 11.6 Å². The van der Waals surface area contributed by atoms with E-state index in [2.05, 4.69) is 17.6 Å². The summed E-state index contributed by atoms with van der Waals surface area (Å²) in [6.45, 7) is 4.27. The summed E-state index contributed by atoms with van der Waals surface area (Å²) in [5.74, 6) is -2.28. The maximum Gasteiger partial charge on any atom is 0.245 e. The van der Waals surface area contributed by atoms with Crippen LogP contribution in [0.15, 0.2) is 30.3 Å². The molecule has 5 atom stereocenters. The number of ether oxygens (including phenoxy) is 1. The zero-order valence-corrected chi connectivity index (χ0v) is 18.8. The summed E-state index contributed by atoms with van der Waals surface area (Å²) < 4.78 is 6.49. The van der Waals surface area contributed by atoms with Crippen molar-refractivity contribution in [3.8, 4) is 0 Å². The van der Waals surface area contributed by atoms with Crippen molar-refractivity contribution in [2.45, 2.75) is 63.2 Å². The van der Waals surface area contributed by atoms with E-state index in [-0.39, 0.29) is 30.9 Å². The normalized spacial score (nSPS) is 32.8. The van der Waals surface area contributed by atoms with Gasteiger partial charge in [-0.2, -0.15) is 0 Å². The van der Waals surface area contributed by atoms with Crippen molar-refractivity contribution in [2.24, 2.45) is 11.8 Å². The molecular formula is C24H33N3O5. The number of nitrogens with one attached hydrogen (secondary N) is 2. The number of aliphatic hydroxyl groups excluding tert-OH is 1. The first-order valence-electron chi connectivity index (χ1n) is 11.6. The number of likely N-dealkylation sites (tertiary alicyclic amines) is 1. The predicted molar refractivity (Wildman–Crippen MR) is 119 cm³/mol. The Kier molecular flexibility index (Phi) is 6.27. The molecule has 3 N–H and O–H groups in total. The van der Waals surface area contributed by atoms with Gasteiger partial charge >= 0.3 is 0 Å². The van der Waals surface area contributed by atoms with Crippen LogP contribution in [-0.2, 0) is 19.1 Å². The van der Waals surface area contributed by atoms with Gasteiger partial charge in [0.15, 0.2) is 0 Å². The minimum atomic E-state index is -1.05. The first-order valence-corrected chi connectivity index (χ1v) is 11.6. The third-order valence-corrected chi connectivity index (χ3v) is 7.27. The van der Waals surface area contributed by atoms with Crippen molar-refractivity contribution in [3.63, 3.8) is 0 Å². The molecule has 3 aliphatic heterocycles. The number of rotatable bonds is 9. The number of amides is 3. The van der Waals surface area contributed by atoms with E-state index in [4.69, 9.17) is 4.74 Å². The van der Waals surface area contributed by atoms with E-state index < -0.39 is 29.1 Å². The number of carbonyl (C=O) groups excluding carboxylic acids is 3. The highest BCUT2D eigenvalue weighted by molar-refractivity contribution is 6.02. The van der Waals surface area contributed by atoms with Gasteiger partial charge in [-0.3, -0.25) is 14.4 Å². The number of nitrogens with zero attached hydrogens (tertiary/aromatic N) is 1. The van der Waals surface area contributed by atoms with E-state index in [9.17, 15) is 19.5 Å². The third kappa shape index (κ3) is 3.59. The van der Waals surface area contributed by atoms with E-state index in [1.807, 2.05) is 25.1 Å². The Morgan fingerprint density at radius 2 is 1.94 bits per heavy atom. The molecule has 3 amide bonds. The van der Waals surface area contributed by atoms with Crippen molar-refractivity contribution in [2.75, 3.05) is 25.0 Å². The Morgan fingerprint density at radius 1 is 1.19 bits per heavy atom. The molecule has 174 valence electrons. The highest BCUT2D eigenvalue weighted by Crippen LogP contribution is 2.63. The molecule has 1 spiro atoms. The molecule has 3 heterocycles. The Balaban J connectivity index is 1.62. The summed E-state index contributed by atoms with van der Waals surface area (Å²) in [4.78, 5) is 41.6. The molecule has 32 heavy (non-hydrogen) atoms. The van der Waals surface area contributed by atoms with E-state index in [1.54, 1.807) is 12.1 Å². The summed E-state index contributed by atoms with van der Waals surface area (Å²) in [5.41, 5.74) is -1.21. The Bertz CT molecular complexity index is 878. The molecule has 0 aliphatic carbocycles. The maximum atomic E-state index is 13.5. The molecular weight excluding hydrogens is 410 g/mol. The lowest BCUT2D eigenvalue weighted by molar-refractivity contribution is -0.145. The molecule has 3 saturated heterocycles. The highest BCUT2D eigenvalue weighted by Gasteiger charge is 2.77. The molecule has 2 unspecified atom stereocenters. The number of para-hydroxylation sites is 1. The monoisotopic (exact) mass is 443 g/mol. The fourth-order valence-corrected chi connectivity index (χ4v) is 5.90. The number of carbonyl (C=O) groups is 3. The van der Waals surface area contributed by atoms with Crippen molar-refractivity contribution in [1.82, 2.24) is 10.2 Å². The van der Waals surface area contributed by atoms with Gasteiger partial charge in [-0.15, -0.1) is 0 Å². The molecule has 0 radical (unpaired) electrons. The van der Waals surface area contributed by atoms with Crippen molar-refractivity contribution in [1.29, 1.82) is 0 Å². The van der Waals surface area contributed by atoms with E-state index >= 15 is 0 Å². The molecule has 8 heteroatoms. The van der Waals surface area contributed by atoms with Gasteiger partial charge in [-0.25, -0.2) is 0 Å². The molecule has 1 aromatic carbocycles. The summed E-state index contributed by atoms with van der Waals surface area (Å²) in [6.07, 6.45) is 4.04. The number of unbranched alkanes of at least 4 members (excludes halogenated alkanes) is 2. The zero-order valence-electron chi connectivity index (χ0n) is 18.8. The minimum Gasteiger partial charge on any atom is -0.395 e. The first kappa shape index (κ1) is 22.7. The summed E-state index contributed by atoms with van der Waals surface area (Å²) in [6, 6.07) is 8.28. The SMILES string of the molecule is CCCCCNC(=O)C1N(CCO)C(=O)[C@@H]2[C@H](C(=O)Nc3ccccc3)[C@]3(C)CCC12O3. The quantitative estimate of drug-likeness (QED) is 0.504. The van der Waals surface area contributed by atoms with Gasteiger partial charge in [0.2, 0.25) is 17.7 Å². The Morgan fingerprint density at radius 3 is 2.62 bits per heavy atom. The van der Waals surface area contributed by atoms with Crippen LogP contribution in [0.4, 0.5) is 5.69 Å². The number of hydrogen-bond acceptors (Lipinski definition) is 5. The number of benzene rings is 1. The number of hydrogen-bond donors (Lipinski definition) is 3. The van der Waals surface area contributed by atoms with Gasteiger partial charge < -0.3 is 25.4 Å². The fourth-order valence-electron chi connectivity index (χ4n) is 5.90. The van der Waals surface area contributed by atoms with E-state index in [0.717, 1.165) is 19.3 Å². The molecule has 0 aromatic heterocycles. The van der Waals surface area contributed by atoms with Crippen LogP contribution < -0.4 is 10.6 Å². The molecule has 3 aliphatic rings. The minimum absolute atomic E-state index is 0.0389. The average molecular weight is 444 g/mol. The summed E-state index contributed by atoms with van der Waals surface area (Å²) in [7, 11) is 0. The van der Waals surface area contributed by atoms with Crippen LogP contribution in [0.5, 0.6) is 0 Å². The average Bonchev–Trinajstić information content (AvgIpc) is 3.33. The molecule has 0 saturated carbocycles.